The van der Waals surface area contributed by atoms with E-state index in [1.807, 2.05) is 17.0 Å². The zero-order valence-electron chi connectivity index (χ0n) is 11.7. The van der Waals surface area contributed by atoms with E-state index < -0.39 is 0 Å². The lowest BCUT2D eigenvalue weighted by Crippen LogP contribution is -2.37. The highest BCUT2D eigenvalue weighted by Crippen LogP contribution is 2.23. The van der Waals surface area contributed by atoms with Gasteiger partial charge in [-0.2, -0.15) is 0 Å². The quantitative estimate of drug-likeness (QED) is 0.815. The standard InChI is InChI=1S/C16H22FNO/c1-12(2)10-16(19)18-9-3-4-15(18)11-13-5-7-14(17)8-6-13/h5-8,12,15H,3-4,9-11H2,1-2H3. The van der Waals surface area contributed by atoms with Crippen LogP contribution in [0.5, 0.6) is 0 Å². The van der Waals surface area contributed by atoms with Crippen molar-refractivity contribution in [3.05, 3.63) is 35.6 Å². The molecule has 1 aliphatic heterocycles. The van der Waals surface area contributed by atoms with Gasteiger partial charge in [-0.05, 0) is 42.9 Å². The first kappa shape index (κ1) is 14.0. The summed E-state index contributed by atoms with van der Waals surface area (Å²) in [5.74, 6) is 0.460. The molecule has 1 atom stereocenters. The number of rotatable bonds is 4. The van der Waals surface area contributed by atoms with Crippen molar-refractivity contribution in [1.29, 1.82) is 0 Å². The average Bonchev–Trinajstić information content (AvgIpc) is 2.79. The highest BCUT2D eigenvalue weighted by Gasteiger charge is 2.28. The molecule has 0 aromatic heterocycles. The molecule has 0 aliphatic carbocycles. The maximum Gasteiger partial charge on any atom is 0.223 e. The van der Waals surface area contributed by atoms with E-state index in [1.165, 1.54) is 12.1 Å². The first-order valence-corrected chi connectivity index (χ1v) is 7.10. The topological polar surface area (TPSA) is 20.3 Å². The van der Waals surface area contributed by atoms with E-state index in [1.54, 1.807) is 0 Å². The highest BCUT2D eigenvalue weighted by atomic mass is 19.1. The summed E-state index contributed by atoms with van der Waals surface area (Å²) in [4.78, 5) is 14.2. The molecule has 0 radical (unpaired) electrons. The van der Waals surface area contributed by atoms with Crippen molar-refractivity contribution in [2.24, 2.45) is 5.92 Å². The van der Waals surface area contributed by atoms with Gasteiger partial charge in [0.1, 0.15) is 5.82 Å². The number of carbonyl (C=O) groups excluding carboxylic acids is 1. The van der Waals surface area contributed by atoms with Crippen LogP contribution >= 0.6 is 0 Å². The number of hydrogen-bond acceptors (Lipinski definition) is 1. The number of benzene rings is 1. The summed E-state index contributed by atoms with van der Waals surface area (Å²) < 4.78 is 12.9. The number of nitrogens with zero attached hydrogens (tertiary/aromatic N) is 1. The molecule has 1 unspecified atom stereocenters. The lowest BCUT2D eigenvalue weighted by Gasteiger charge is -2.25. The average molecular weight is 263 g/mol. The lowest BCUT2D eigenvalue weighted by atomic mass is 10.0. The number of hydrogen-bond donors (Lipinski definition) is 0. The minimum absolute atomic E-state index is 0.206. The number of amides is 1. The minimum atomic E-state index is -0.206. The van der Waals surface area contributed by atoms with Crippen LogP contribution in [0.2, 0.25) is 0 Å². The fourth-order valence-electron chi connectivity index (χ4n) is 2.74. The van der Waals surface area contributed by atoms with Crippen LogP contribution in [0, 0.1) is 11.7 Å². The summed E-state index contributed by atoms with van der Waals surface area (Å²) in [7, 11) is 0. The molecule has 0 saturated carbocycles. The second-order valence-electron chi connectivity index (χ2n) is 5.81. The van der Waals surface area contributed by atoms with Crippen LogP contribution in [0.4, 0.5) is 4.39 Å². The monoisotopic (exact) mass is 263 g/mol. The lowest BCUT2D eigenvalue weighted by molar-refractivity contribution is -0.132. The van der Waals surface area contributed by atoms with Crippen LogP contribution < -0.4 is 0 Å². The largest absolute Gasteiger partial charge is 0.339 e. The third kappa shape index (κ3) is 3.79. The number of likely N-dealkylation sites (tertiary alicyclic amines) is 1. The number of carbonyl (C=O) groups is 1. The molecule has 1 fully saturated rings. The molecule has 2 nitrogen and oxygen atoms in total. The maximum absolute atomic E-state index is 12.9. The van der Waals surface area contributed by atoms with Crippen molar-refractivity contribution in [3.8, 4) is 0 Å². The van der Waals surface area contributed by atoms with Crippen molar-refractivity contribution >= 4 is 5.91 Å². The van der Waals surface area contributed by atoms with Crippen molar-refractivity contribution in [2.75, 3.05) is 6.54 Å². The Hall–Kier alpha value is -1.38. The van der Waals surface area contributed by atoms with E-state index in [9.17, 15) is 9.18 Å². The predicted octanol–water partition coefficient (Wildman–Crippen LogP) is 3.41. The second-order valence-corrected chi connectivity index (χ2v) is 5.81. The van der Waals surface area contributed by atoms with Crippen molar-refractivity contribution in [1.82, 2.24) is 4.90 Å². The Morgan fingerprint density at radius 3 is 2.68 bits per heavy atom. The van der Waals surface area contributed by atoms with Gasteiger partial charge in [-0.25, -0.2) is 4.39 Å². The van der Waals surface area contributed by atoms with Crippen LogP contribution in [-0.2, 0) is 11.2 Å². The van der Waals surface area contributed by atoms with Gasteiger partial charge in [-0.3, -0.25) is 4.79 Å². The molecule has 1 aromatic rings. The minimum Gasteiger partial charge on any atom is -0.339 e. The molecule has 1 aromatic carbocycles. The van der Waals surface area contributed by atoms with Crippen LogP contribution in [-0.4, -0.2) is 23.4 Å². The van der Waals surface area contributed by atoms with E-state index in [4.69, 9.17) is 0 Å². The summed E-state index contributed by atoms with van der Waals surface area (Å²) in [6, 6.07) is 6.91. The molecule has 0 N–H and O–H groups in total. The second kappa shape index (κ2) is 6.18. The Bertz CT molecular complexity index is 427. The summed E-state index contributed by atoms with van der Waals surface area (Å²) >= 11 is 0. The molecule has 1 aliphatic rings. The van der Waals surface area contributed by atoms with Gasteiger partial charge in [-0.15, -0.1) is 0 Å². The first-order valence-electron chi connectivity index (χ1n) is 7.10. The molecule has 0 bridgehead atoms. The van der Waals surface area contributed by atoms with Gasteiger partial charge in [0.2, 0.25) is 5.91 Å². The SMILES string of the molecule is CC(C)CC(=O)N1CCCC1Cc1ccc(F)cc1. The molecular formula is C16H22FNO. The zero-order chi connectivity index (χ0) is 13.8. The normalized spacial score (nSPS) is 19.2. The van der Waals surface area contributed by atoms with Gasteiger partial charge in [0.15, 0.2) is 0 Å². The van der Waals surface area contributed by atoms with Gasteiger partial charge >= 0.3 is 0 Å². The Morgan fingerprint density at radius 2 is 2.05 bits per heavy atom. The van der Waals surface area contributed by atoms with E-state index in [0.717, 1.165) is 31.4 Å². The highest BCUT2D eigenvalue weighted by molar-refractivity contribution is 5.77. The van der Waals surface area contributed by atoms with Gasteiger partial charge in [-0.1, -0.05) is 26.0 Å². The first-order chi connectivity index (χ1) is 9.06. The van der Waals surface area contributed by atoms with Crippen molar-refractivity contribution < 1.29 is 9.18 Å². The molecule has 1 heterocycles. The number of halogens is 1. The van der Waals surface area contributed by atoms with Gasteiger partial charge in [0.25, 0.3) is 0 Å². The molecule has 1 amide bonds. The smallest absolute Gasteiger partial charge is 0.223 e. The molecule has 2 rings (SSSR count). The molecular weight excluding hydrogens is 241 g/mol. The van der Waals surface area contributed by atoms with Crippen molar-refractivity contribution in [3.63, 3.8) is 0 Å². The van der Waals surface area contributed by atoms with Crippen LogP contribution in [0.3, 0.4) is 0 Å². The summed E-state index contributed by atoms with van der Waals surface area (Å²) in [6.07, 6.45) is 3.60. The molecule has 1 saturated heterocycles. The van der Waals surface area contributed by atoms with E-state index >= 15 is 0 Å². The van der Waals surface area contributed by atoms with Gasteiger partial charge in [0, 0.05) is 19.0 Å². The van der Waals surface area contributed by atoms with Crippen molar-refractivity contribution in [2.45, 2.75) is 45.6 Å². The van der Waals surface area contributed by atoms with E-state index in [2.05, 4.69) is 13.8 Å². The molecule has 104 valence electrons. The summed E-state index contributed by atoms with van der Waals surface area (Å²) in [6.45, 7) is 5.02. The van der Waals surface area contributed by atoms with Crippen LogP contribution in [0.15, 0.2) is 24.3 Å². The maximum atomic E-state index is 12.9. The Balaban J connectivity index is 1.98. The fraction of sp³-hybridized carbons (Fsp3) is 0.562. The third-order valence-electron chi connectivity index (χ3n) is 3.66. The van der Waals surface area contributed by atoms with E-state index in [-0.39, 0.29) is 17.8 Å². The Labute approximate surface area is 114 Å². The molecule has 3 heteroatoms. The van der Waals surface area contributed by atoms with Crippen LogP contribution in [0.25, 0.3) is 0 Å². The summed E-state index contributed by atoms with van der Waals surface area (Å²) in [5, 5.41) is 0. The predicted molar refractivity (Wildman–Crippen MR) is 74.3 cm³/mol. The zero-order valence-corrected chi connectivity index (χ0v) is 11.7. The summed E-state index contributed by atoms with van der Waals surface area (Å²) in [5.41, 5.74) is 1.11. The Morgan fingerprint density at radius 1 is 1.37 bits per heavy atom. The molecule has 19 heavy (non-hydrogen) atoms. The fourth-order valence-corrected chi connectivity index (χ4v) is 2.74. The van der Waals surface area contributed by atoms with E-state index in [0.29, 0.717) is 12.3 Å². The Kier molecular flexibility index (Phi) is 4.56. The van der Waals surface area contributed by atoms with Crippen LogP contribution in [0.1, 0.15) is 38.7 Å². The molecule has 0 spiro atoms. The van der Waals surface area contributed by atoms with Gasteiger partial charge < -0.3 is 4.90 Å². The van der Waals surface area contributed by atoms with Gasteiger partial charge in [0.05, 0.1) is 0 Å². The third-order valence-corrected chi connectivity index (χ3v) is 3.66.